The van der Waals surface area contributed by atoms with Crippen molar-refractivity contribution in [2.75, 3.05) is 24.5 Å². The van der Waals surface area contributed by atoms with Gasteiger partial charge >= 0.3 is 6.03 Å². The maximum atomic E-state index is 12.3. The number of amides is 2. The molecule has 2 aliphatic rings. The molecule has 142 valence electrons. The van der Waals surface area contributed by atoms with Gasteiger partial charge in [-0.15, -0.1) is 0 Å². The van der Waals surface area contributed by atoms with E-state index in [0.717, 1.165) is 62.7 Å². The Bertz CT molecular complexity index is 781. The van der Waals surface area contributed by atoms with Crippen LogP contribution in [0.2, 0.25) is 0 Å². The summed E-state index contributed by atoms with van der Waals surface area (Å²) < 4.78 is 0. The number of urea groups is 1. The molecular formula is C22H28N4O. The Balaban J connectivity index is 1.31. The number of nitrogens with zero attached hydrogens (tertiary/aromatic N) is 3. The van der Waals surface area contributed by atoms with Gasteiger partial charge in [0.25, 0.3) is 0 Å². The third-order valence-electron chi connectivity index (χ3n) is 5.78. The number of carbonyl (C=O) groups is 1. The molecule has 1 fully saturated rings. The van der Waals surface area contributed by atoms with Gasteiger partial charge in [0.15, 0.2) is 0 Å². The van der Waals surface area contributed by atoms with Crippen LogP contribution in [0.4, 0.5) is 10.6 Å². The van der Waals surface area contributed by atoms with Crippen LogP contribution in [-0.4, -0.2) is 35.5 Å². The van der Waals surface area contributed by atoms with E-state index in [2.05, 4.69) is 58.5 Å². The first-order valence-corrected chi connectivity index (χ1v) is 9.98. The molecule has 1 aromatic carbocycles. The fraction of sp³-hybridized carbons (Fsp3) is 0.455. The van der Waals surface area contributed by atoms with Crippen molar-refractivity contribution in [1.82, 2.24) is 15.2 Å². The Morgan fingerprint density at radius 3 is 2.63 bits per heavy atom. The minimum absolute atomic E-state index is 0.0404. The first-order chi connectivity index (χ1) is 13.2. The van der Waals surface area contributed by atoms with Crippen LogP contribution in [0, 0.1) is 5.92 Å². The number of hydrogen-bond donors (Lipinski definition) is 1. The topological polar surface area (TPSA) is 48.5 Å². The monoisotopic (exact) mass is 364 g/mol. The summed E-state index contributed by atoms with van der Waals surface area (Å²) in [5, 5.41) is 3.03. The van der Waals surface area contributed by atoms with E-state index < -0.39 is 0 Å². The molecule has 1 saturated heterocycles. The highest BCUT2D eigenvalue weighted by Gasteiger charge is 2.20. The van der Waals surface area contributed by atoms with Gasteiger partial charge in [0.2, 0.25) is 0 Å². The second-order valence-corrected chi connectivity index (χ2v) is 7.79. The normalized spacial score (nSPS) is 17.5. The standard InChI is InChI=1S/C22H28N4O/c1-17-8-11-25(12-9-17)22(27)24-15-18-6-7-21(23-14-18)26-13-10-19-4-2-3-5-20(19)16-26/h2-7,14,17H,8-13,15-16H2,1H3,(H,24,27). The number of carbonyl (C=O) groups excluding carboxylic acids is 1. The lowest BCUT2D eigenvalue weighted by Crippen LogP contribution is -2.43. The van der Waals surface area contributed by atoms with Crippen LogP contribution in [0.5, 0.6) is 0 Å². The van der Waals surface area contributed by atoms with Crippen molar-refractivity contribution in [1.29, 1.82) is 0 Å². The number of nitrogens with one attached hydrogen (secondary N) is 1. The Morgan fingerprint density at radius 2 is 1.89 bits per heavy atom. The molecule has 4 rings (SSSR count). The molecule has 0 spiro atoms. The zero-order chi connectivity index (χ0) is 18.6. The Labute approximate surface area is 161 Å². The molecule has 0 unspecified atom stereocenters. The van der Waals surface area contributed by atoms with Gasteiger partial charge in [0.1, 0.15) is 5.82 Å². The minimum atomic E-state index is 0.0404. The van der Waals surface area contributed by atoms with E-state index in [9.17, 15) is 4.79 Å². The van der Waals surface area contributed by atoms with Gasteiger partial charge in [-0.05, 0) is 47.9 Å². The summed E-state index contributed by atoms with van der Waals surface area (Å²) in [6, 6.07) is 12.8. The van der Waals surface area contributed by atoms with Crippen molar-refractivity contribution in [2.24, 2.45) is 5.92 Å². The predicted molar refractivity (Wildman–Crippen MR) is 108 cm³/mol. The molecule has 0 radical (unpaired) electrons. The number of benzene rings is 1. The van der Waals surface area contributed by atoms with Gasteiger partial charge in [0.05, 0.1) is 0 Å². The number of piperidine rings is 1. The van der Waals surface area contributed by atoms with E-state index in [1.807, 2.05) is 11.1 Å². The number of hydrogen-bond acceptors (Lipinski definition) is 3. The van der Waals surface area contributed by atoms with Crippen LogP contribution in [0.3, 0.4) is 0 Å². The molecule has 0 atom stereocenters. The second-order valence-electron chi connectivity index (χ2n) is 7.79. The van der Waals surface area contributed by atoms with E-state index >= 15 is 0 Å². The van der Waals surface area contributed by atoms with Crippen molar-refractivity contribution in [3.8, 4) is 0 Å². The van der Waals surface area contributed by atoms with Crippen LogP contribution in [-0.2, 0) is 19.5 Å². The van der Waals surface area contributed by atoms with Gasteiger partial charge in [-0.25, -0.2) is 9.78 Å². The third-order valence-corrected chi connectivity index (χ3v) is 5.78. The van der Waals surface area contributed by atoms with Gasteiger partial charge < -0.3 is 15.1 Å². The maximum absolute atomic E-state index is 12.3. The highest BCUT2D eigenvalue weighted by Crippen LogP contribution is 2.23. The van der Waals surface area contributed by atoms with Gasteiger partial charge in [-0.1, -0.05) is 37.3 Å². The number of fused-ring (bicyclic) bond motifs is 1. The minimum Gasteiger partial charge on any atom is -0.352 e. The molecule has 1 N–H and O–H groups in total. The second kappa shape index (κ2) is 7.99. The van der Waals surface area contributed by atoms with E-state index in [-0.39, 0.29) is 6.03 Å². The Morgan fingerprint density at radius 1 is 1.11 bits per heavy atom. The molecule has 2 aromatic rings. The Kier molecular flexibility index (Phi) is 5.28. The Hall–Kier alpha value is -2.56. The fourth-order valence-electron chi connectivity index (χ4n) is 3.90. The summed E-state index contributed by atoms with van der Waals surface area (Å²) in [5.74, 6) is 1.73. The highest BCUT2D eigenvalue weighted by atomic mass is 16.2. The molecule has 0 bridgehead atoms. The molecule has 5 heteroatoms. The average molecular weight is 364 g/mol. The van der Waals surface area contributed by atoms with Crippen LogP contribution in [0.25, 0.3) is 0 Å². The molecule has 0 aliphatic carbocycles. The third kappa shape index (κ3) is 4.24. The molecule has 5 nitrogen and oxygen atoms in total. The van der Waals surface area contributed by atoms with E-state index in [0.29, 0.717) is 6.54 Å². The van der Waals surface area contributed by atoms with E-state index in [4.69, 9.17) is 0 Å². The first-order valence-electron chi connectivity index (χ1n) is 9.98. The molecule has 1 aromatic heterocycles. The summed E-state index contributed by atoms with van der Waals surface area (Å²) in [5.41, 5.74) is 3.87. The lowest BCUT2D eigenvalue weighted by molar-refractivity contribution is 0.173. The number of anilines is 1. The summed E-state index contributed by atoms with van der Waals surface area (Å²) in [7, 11) is 0. The largest absolute Gasteiger partial charge is 0.352 e. The average Bonchev–Trinajstić information content (AvgIpc) is 2.72. The summed E-state index contributed by atoms with van der Waals surface area (Å²) in [6.07, 6.45) is 5.14. The van der Waals surface area contributed by atoms with Crippen LogP contribution < -0.4 is 10.2 Å². The van der Waals surface area contributed by atoms with Gasteiger partial charge in [-0.3, -0.25) is 0 Å². The van der Waals surface area contributed by atoms with Crippen molar-refractivity contribution in [2.45, 2.75) is 39.3 Å². The molecular weight excluding hydrogens is 336 g/mol. The number of likely N-dealkylation sites (tertiary alicyclic amines) is 1. The van der Waals surface area contributed by atoms with Crippen molar-refractivity contribution in [3.05, 3.63) is 59.3 Å². The SMILES string of the molecule is CC1CCN(C(=O)NCc2ccc(N3CCc4ccccc4C3)nc2)CC1. The van der Waals surface area contributed by atoms with Crippen molar-refractivity contribution >= 4 is 11.8 Å². The summed E-state index contributed by atoms with van der Waals surface area (Å²) in [6.45, 7) is 6.41. The maximum Gasteiger partial charge on any atom is 0.317 e. The lowest BCUT2D eigenvalue weighted by atomic mass is 10.00. The zero-order valence-electron chi connectivity index (χ0n) is 16.0. The number of pyridine rings is 1. The smallest absolute Gasteiger partial charge is 0.317 e. The first kappa shape index (κ1) is 17.8. The summed E-state index contributed by atoms with van der Waals surface area (Å²) >= 11 is 0. The number of aromatic nitrogens is 1. The molecule has 3 heterocycles. The van der Waals surface area contributed by atoms with E-state index in [1.54, 1.807) is 0 Å². The summed E-state index contributed by atoms with van der Waals surface area (Å²) in [4.78, 5) is 21.2. The number of rotatable bonds is 3. The van der Waals surface area contributed by atoms with Crippen molar-refractivity contribution in [3.63, 3.8) is 0 Å². The quantitative estimate of drug-likeness (QED) is 0.905. The molecule has 0 saturated carbocycles. The molecule has 27 heavy (non-hydrogen) atoms. The zero-order valence-corrected chi connectivity index (χ0v) is 16.0. The van der Waals surface area contributed by atoms with Crippen LogP contribution >= 0.6 is 0 Å². The lowest BCUT2D eigenvalue weighted by Gasteiger charge is -2.30. The van der Waals surface area contributed by atoms with Crippen LogP contribution in [0.15, 0.2) is 42.6 Å². The van der Waals surface area contributed by atoms with Gasteiger partial charge in [0, 0.05) is 38.9 Å². The van der Waals surface area contributed by atoms with Gasteiger partial charge in [-0.2, -0.15) is 0 Å². The predicted octanol–water partition coefficient (Wildman–Crippen LogP) is 3.59. The van der Waals surface area contributed by atoms with Crippen molar-refractivity contribution < 1.29 is 4.79 Å². The molecule has 2 amide bonds. The highest BCUT2D eigenvalue weighted by molar-refractivity contribution is 5.74. The van der Waals surface area contributed by atoms with E-state index in [1.165, 1.54) is 11.1 Å². The molecule has 2 aliphatic heterocycles. The van der Waals surface area contributed by atoms with Crippen LogP contribution in [0.1, 0.15) is 36.5 Å². The fourth-order valence-corrected chi connectivity index (χ4v) is 3.90.